The molecule has 1 aliphatic rings. The largest absolute Gasteiger partial charge is 0.445 e. The Hall–Kier alpha value is -2.58. The van der Waals surface area contributed by atoms with Crippen LogP contribution in [0.25, 0.3) is 0 Å². The summed E-state index contributed by atoms with van der Waals surface area (Å²) in [5.41, 5.74) is 2.33. The second-order valence-electron chi connectivity index (χ2n) is 6.86. The zero-order valence-electron chi connectivity index (χ0n) is 16.1. The molecule has 3 rings (SSSR count). The predicted octanol–water partition coefficient (Wildman–Crippen LogP) is 2.83. The van der Waals surface area contributed by atoms with E-state index in [1.54, 1.807) is 17.0 Å². The number of aliphatic hydroxyl groups is 1. The molecule has 7 nitrogen and oxygen atoms in total. The average molecular weight is 416 g/mol. The number of ether oxygens (including phenoxy) is 1. The third-order valence-corrected chi connectivity index (χ3v) is 5.85. The molecule has 1 aliphatic heterocycles. The van der Waals surface area contributed by atoms with Crippen LogP contribution >= 0.6 is 11.8 Å². The number of rotatable bonds is 8. The van der Waals surface area contributed by atoms with Crippen molar-refractivity contribution in [3.8, 4) is 0 Å². The molecule has 0 radical (unpaired) electrons. The Morgan fingerprint density at radius 1 is 1.38 bits per heavy atom. The molecule has 0 saturated carbocycles. The van der Waals surface area contributed by atoms with Gasteiger partial charge in [0.1, 0.15) is 6.61 Å². The van der Waals surface area contributed by atoms with Crippen molar-refractivity contribution >= 4 is 23.0 Å². The van der Waals surface area contributed by atoms with Crippen molar-refractivity contribution in [1.29, 1.82) is 0 Å². The number of H-pyrrole nitrogens is 1. The minimum absolute atomic E-state index is 0.00225. The van der Waals surface area contributed by atoms with E-state index in [0.717, 1.165) is 11.4 Å². The first-order chi connectivity index (χ1) is 14.1. The van der Waals surface area contributed by atoms with Gasteiger partial charge in [-0.05, 0) is 12.5 Å². The number of aromatic nitrogens is 2. The summed E-state index contributed by atoms with van der Waals surface area (Å²) in [5.74, 6) is 0. The number of nitrogens with one attached hydrogen (secondary N) is 1. The van der Waals surface area contributed by atoms with E-state index in [0.29, 0.717) is 31.4 Å². The number of carbonyl (C=O) groups excluding carboxylic acids is 2. The third kappa shape index (κ3) is 5.71. The summed E-state index contributed by atoms with van der Waals surface area (Å²) in [6.45, 7) is 4.20. The Balaban J connectivity index is 1.68. The van der Waals surface area contributed by atoms with E-state index in [4.69, 9.17) is 9.84 Å². The van der Waals surface area contributed by atoms with Gasteiger partial charge in [-0.15, -0.1) is 0 Å². The monoisotopic (exact) mass is 415 g/mol. The van der Waals surface area contributed by atoms with Gasteiger partial charge in [0.05, 0.1) is 5.69 Å². The molecule has 1 amide bonds. The van der Waals surface area contributed by atoms with Crippen molar-refractivity contribution in [2.24, 2.45) is 0 Å². The number of hydrogen-bond donors (Lipinski definition) is 2. The SMILES string of the molecule is C=CCOC(=O)N1CC(SC(=O)c2ccccc2)CC1Cc1cc(CCO)n[nH]1. The van der Waals surface area contributed by atoms with E-state index >= 15 is 0 Å². The van der Waals surface area contributed by atoms with E-state index in [1.807, 2.05) is 24.3 Å². The van der Waals surface area contributed by atoms with Gasteiger partial charge in [-0.2, -0.15) is 5.10 Å². The molecule has 1 fully saturated rings. The van der Waals surface area contributed by atoms with Gasteiger partial charge < -0.3 is 14.7 Å². The summed E-state index contributed by atoms with van der Waals surface area (Å²) in [6.07, 6.45) is 2.87. The van der Waals surface area contributed by atoms with Crippen molar-refractivity contribution in [1.82, 2.24) is 15.1 Å². The van der Waals surface area contributed by atoms with Gasteiger partial charge in [-0.25, -0.2) is 4.79 Å². The van der Waals surface area contributed by atoms with E-state index in [2.05, 4.69) is 16.8 Å². The second-order valence-corrected chi connectivity index (χ2v) is 8.14. The third-order valence-electron chi connectivity index (χ3n) is 4.73. The number of thioether (sulfide) groups is 1. The fourth-order valence-corrected chi connectivity index (χ4v) is 4.52. The van der Waals surface area contributed by atoms with Gasteiger partial charge in [0.2, 0.25) is 5.12 Å². The summed E-state index contributed by atoms with van der Waals surface area (Å²) in [7, 11) is 0. The first-order valence-electron chi connectivity index (χ1n) is 9.55. The van der Waals surface area contributed by atoms with Crippen molar-refractivity contribution in [2.45, 2.75) is 30.6 Å². The molecule has 2 atom stereocenters. The van der Waals surface area contributed by atoms with Crippen molar-refractivity contribution < 1.29 is 19.4 Å². The summed E-state index contributed by atoms with van der Waals surface area (Å²) >= 11 is 1.27. The molecule has 8 heteroatoms. The first-order valence-corrected chi connectivity index (χ1v) is 10.4. The molecule has 1 aromatic heterocycles. The summed E-state index contributed by atoms with van der Waals surface area (Å²) in [4.78, 5) is 26.8. The first kappa shape index (κ1) is 21.1. The maximum absolute atomic E-state index is 12.6. The highest BCUT2D eigenvalue weighted by atomic mass is 32.2. The Bertz CT molecular complexity index is 839. The normalized spacial score (nSPS) is 18.6. The van der Waals surface area contributed by atoms with E-state index in [-0.39, 0.29) is 29.6 Å². The van der Waals surface area contributed by atoms with Crippen LogP contribution < -0.4 is 0 Å². The molecule has 29 heavy (non-hydrogen) atoms. The maximum Gasteiger partial charge on any atom is 0.410 e. The molecule has 2 N–H and O–H groups in total. The number of nitrogens with zero attached hydrogens (tertiary/aromatic N) is 2. The molecule has 2 unspecified atom stereocenters. The Kier molecular flexibility index (Phi) is 7.48. The summed E-state index contributed by atoms with van der Waals surface area (Å²) in [6, 6.07) is 10.9. The van der Waals surface area contributed by atoms with Crippen LogP contribution in [0.2, 0.25) is 0 Å². The quantitative estimate of drug-likeness (QED) is 0.644. The number of hydrogen-bond acceptors (Lipinski definition) is 6. The molecular formula is C21H25N3O4S. The van der Waals surface area contributed by atoms with Gasteiger partial charge in [-0.3, -0.25) is 9.89 Å². The van der Waals surface area contributed by atoms with E-state index in [1.165, 1.54) is 17.8 Å². The minimum Gasteiger partial charge on any atom is -0.445 e. The van der Waals surface area contributed by atoms with Crippen LogP contribution in [0.1, 0.15) is 28.2 Å². The number of aliphatic hydroxyl groups excluding tert-OH is 1. The highest BCUT2D eigenvalue weighted by molar-refractivity contribution is 8.14. The van der Waals surface area contributed by atoms with Crippen LogP contribution in [-0.4, -0.2) is 62.5 Å². The van der Waals surface area contributed by atoms with E-state index in [9.17, 15) is 9.59 Å². The number of benzene rings is 1. The molecule has 2 aromatic rings. The molecule has 1 saturated heterocycles. The van der Waals surface area contributed by atoms with Crippen LogP contribution in [0.4, 0.5) is 4.79 Å². The van der Waals surface area contributed by atoms with Crippen molar-refractivity contribution in [3.63, 3.8) is 0 Å². The summed E-state index contributed by atoms with van der Waals surface area (Å²) in [5, 5.41) is 16.2. The van der Waals surface area contributed by atoms with Crippen LogP contribution in [0.15, 0.2) is 49.1 Å². The van der Waals surface area contributed by atoms with E-state index < -0.39 is 6.09 Å². The van der Waals surface area contributed by atoms with Crippen LogP contribution in [0, 0.1) is 0 Å². The molecular weight excluding hydrogens is 390 g/mol. The van der Waals surface area contributed by atoms with Crippen LogP contribution in [0.5, 0.6) is 0 Å². The number of carbonyl (C=O) groups is 2. The van der Waals surface area contributed by atoms with Crippen LogP contribution in [-0.2, 0) is 17.6 Å². The molecule has 0 bridgehead atoms. The van der Waals surface area contributed by atoms with Crippen molar-refractivity contribution in [2.75, 3.05) is 19.8 Å². The van der Waals surface area contributed by atoms with Crippen molar-refractivity contribution in [3.05, 3.63) is 66.0 Å². The topological polar surface area (TPSA) is 95.5 Å². The van der Waals surface area contributed by atoms with Gasteiger partial charge in [0.25, 0.3) is 0 Å². The zero-order chi connectivity index (χ0) is 20.6. The van der Waals surface area contributed by atoms with Crippen LogP contribution in [0.3, 0.4) is 0 Å². The van der Waals surface area contributed by atoms with Gasteiger partial charge in [0, 0.05) is 48.5 Å². The maximum atomic E-state index is 12.6. The lowest BCUT2D eigenvalue weighted by molar-refractivity contribution is 0.107. The predicted molar refractivity (Wildman–Crippen MR) is 112 cm³/mol. The fourth-order valence-electron chi connectivity index (χ4n) is 3.39. The minimum atomic E-state index is -0.403. The smallest absolute Gasteiger partial charge is 0.410 e. The lowest BCUT2D eigenvalue weighted by atomic mass is 10.1. The highest BCUT2D eigenvalue weighted by Gasteiger charge is 2.37. The van der Waals surface area contributed by atoms with Gasteiger partial charge in [0.15, 0.2) is 0 Å². The Labute approximate surface area is 174 Å². The number of amides is 1. The Morgan fingerprint density at radius 2 is 2.17 bits per heavy atom. The fraction of sp³-hybridized carbons (Fsp3) is 0.381. The van der Waals surface area contributed by atoms with Gasteiger partial charge in [-0.1, -0.05) is 54.7 Å². The second kappa shape index (κ2) is 10.3. The molecule has 0 aliphatic carbocycles. The summed E-state index contributed by atoms with van der Waals surface area (Å²) < 4.78 is 5.24. The standard InChI is InChI=1S/C21H25N3O4S/c1-2-10-28-21(27)24-14-19(29-20(26)15-6-4-3-5-7-15)13-18(24)12-17-11-16(8-9-25)22-23-17/h2-7,11,18-19,25H,1,8-10,12-14H2,(H,22,23). The highest BCUT2D eigenvalue weighted by Crippen LogP contribution is 2.32. The molecule has 154 valence electrons. The molecule has 2 heterocycles. The molecule has 0 spiro atoms. The van der Waals surface area contributed by atoms with Gasteiger partial charge >= 0.3 is 6.09 Å². The lowest BCUT2D eigenvalue weighted by Crippen LogP contribution is -2.37. The number of aromatic amines is 1. The number of likely N-dealkylation sites (tertiary alicyclic amines) is 1. The molecule has 1 aromatic carbocycles. The average Bonchev–Trinajstić information content (AvgIpc) is 3.34. The zero-order valence-corrected chi connectivity index (χ0v) is 16.9. The Morgan fingerprint density at radius 3 is 2.90 bits per heavy atom. The lowest BCUT2D eigenvalue weighted by Gasteiger charge is -2.23.